The zero-order chi connectivity index (χ0) is 13.7. The summed E-state index contributed by atoms with van der Waals surface area (Å²) in [6, 6.07) is 0. The van der Waals surface area contributed by atoms with Crippen molar-refractivity contribution >= 4 is 0 Å². The van der Waals surface area contributed by atoms with Gasteiger partial charge in [-0.25, -0.2) is 0 Å². The first-order valence-electron chi connectivity index (χ1n) is 5.24. The minimum atomic E-state index is 0. The van der Waals surface area contributed by atoms with E-state index in [-0.39, 0.29) is 21.7 Å². The van der Waals surface area contributed by atoms with E-state index in [4.69, 9.17) is 0 Å². The predicted molar refractivity (Wildman–Crippen MR) is 54.7 cm³/mol. The zero-order valence-electron chi connectivity index (χ0n) is 11.3. The molecule has 0 aliphatic rings. The Hall–Kier alpha value is 3.41. The van der Waals surface area contributed by atoms with E-state index in [2.05, 4.69) is 42.9 Å². The third-order valence-electron chi connectivity index (χ3n) is 0.707. The van der Waals surface area contributed by atoms with E-state index in [9.17, 15) is 0 Å². The van der Waals surface area contributed by atoms with Crippen LogP contribution in [0, 0.1) is 0 Å². The number of hydrogen-bond donors (Lipinski definition) is 4. The van der Waals surface area contributed by atoms with Gasteiger partial charge in [0.05, 0.1) is 0 Å². The molecule has 17 heavy (non-hydrogen) atoms. The van der Waals surface area contributed by atoms with Crippen molar-refractivity contribution in [1.29, 1.82) is 0 Å². The number of nitrogens with one attached hydrogen (secondary N) is 4. The van der Waals surface area contributed by atoms with Crippen molar-refractivity contribution in [1.82, 2.24) is 15.2 Å². The van der Waals surface area contributed by atoms with Crippen LogP contribution >= 0.6 is 0 Å². The van der Waals surface area contributed by atoms with Gasteiger partial charge in [0.25, 0.3) is 0 Å². The first-order chi connectivity index (χ1) is 7.66. The van der Waals surface area contributed by atoms with Crippen molar-refractivity contribution in [2.24, 2.45) is 0 Å². The Kier molecular flexibility index (Phi) is 96.3. The molecule has 96 valence electrons. The predicted octanol–water partition coefficient (Wildman–Crippen LogP) is 0.228. The first kappa shape index (κ1) is 32.4. The maximum Gasteiger partial charge on any atom is 0 e. The summed E-state index contributed by atoms with van der Waals surface area (Å²) in [6.07, 6.45) is 0. The molecule has 0 saturated carbocycles. The van der Waals surface area contributed by atoms with Gasteiger partial charge >= 0.3 is 152 Å². The quantitative estimate of drug-likeness (QED) is 0.497. The standard InChI is InChI=1S/4C2H6N.5Ti/c4*1-2-3;;;;;/h4*3H,2H2,1H3;;;;;/q4*-1;;4*+1. The molecule has 0 saturated heterocycles. The maximum absolute atomic E-state index is 2.93. The van der Waals surface area contributed by atoms with Crippen LogP contribution in [0.4, 0.5) is 0 Å². The molecule has 0 atom stereocenters. The summed E-state index contributed by atoms with van der Waals surface area (Å²) in [4.78, 5) is 0. The molecule has 0 aromatic heterocycles. The van der Waals surface area contributed by atoms with Crippen molar-refractivity contribution in [3.63, 3.8) is 0 Å². The van der Waals surface area contributed by atoms with Crippen molar-refractivity contribution in [2.45, 2.75) is 27.7 Å². The summed E-state index contributed by atoms with van der Waals surface area (Å²) in [7, 11) is 0. The molecule has 0 bridgehead atoms. The van der Waals surface area contributed by atoms with Crippen LogP contribution in [0.15, 0.2) is 0 Å². The maximum atomic E-state index is 2.93. The summed E-state index contributed by atoms with van der Waals surface area (Å²) in [5.41, 5.74) is 0. The van der Waals surface area contributed by atoms with Crippen LogP contribution in [0.2, 0.25) is 0 Å². The Morgan fingerprint density at radius 1 is 0.529 bits per heavy atom. The molecule has 0 spiro atoms. The van der Waals surface area contributed by atoms with Crippen LogP contribution in [-0.4, -0.2) is 26.2 Å². The van der Waals surface area contributed by atoms with E-state index in [1.165, 1.54) is 0 Å². The minimum Gasteiger partial charge on any atom is 0 e. The molecule has 4 N–H and O–H groups in total. The molecular formula is C8H24N4Ti5. The molecule has 4 nitrogen and oxygen atoms in total. The van der Waals surface area contributed by atoms with Crippen LogP contribution in [0.3, 0.4) is 0 Å². The topological polar surface area (TPSA) is 48.1 Å². The minimum absolute atomic E-state index is 0. The fourth-order valence-electron chi connectivity index (χ4n) is 0. The smallest absolute Gasteiger partial charge is 0 e. The zero-order valence-corrected chi connectivity index (χ0v) is 19.1. The molecule has 0 rings (SSSR count). The Morgan fingerprint density at radius 2 is 0.588 bits per heavy atom. The Balaban J connectivity index is -0.0000000369. The summed E-state index contributed by atoms with van der Waals surface area (Å²) >= 11 is 7.72. The van der Waals surface area contributed by atoms with Gasteiger partial charge in [0, 0.05) is 21.7 Å². The molecule has 0 fully saturated rings. The summed E-state index contributed by atoms with van der Waals surface area (Å²) in [5, 5.41) is 0. The molecule has 0 amide bonds. The summed E-state index contributed by atoms with van der Waals surface area (Å²) in [6.45, 7) is 12.6. The fourth-order valence-corrected chi connectivity index (χ4v) is 0. The van der Waals surface area contributed by atoms with E-state index in [0.29, 0.717) is 0 Å². The molecule has 0 aromatic carbocycles. The van der Waals surface area contributed by atoms with Crippen LogP contribution < -0.4 is 15.2 Å². The molecule has 0 radical (unpaired) electrons. The van der Waals surface area contributed by atoms with Crippen molar-refractivity contribution in [3.8, 4) is 0 Å². The number of hydrogen-bond acceptors (Lipinski definition) is 4. The van der Waals surface area contributed by atoms with Gasteiger partial charge in [-0.2, -0.15) is 0 Å². The van der Waals surface area contributed by atoms with Crippen molar-refractivity contribution < 1.29 is 104 Å². The van der Waals surface area contributed by atoms with Crippen molar-refractivity contribution in [2.75, 3.05) is 26.2 Å². The summed E-state index contributed by atoms with van der Waals surface area (Å²) < 4.78 is 11.7. The third-order valence-corrected chi connectivity index (χ3v) is 2.92. The van der Waals surface area contributed by atoms with E-state index in [0.717, 1.165) is 26.2 Å². The number of rotatable bonds is 4. The van der Waals surface area contributed by atoms with Crippen LogP contribution in [-0.2, 0) is 104 Å². The van der Waals surface area contributed by atoms with E-state index < -0.39 is 0 Å². The molecule has 9 heteroatoms. The van der Waals surface area contributed by atoms with Gasteiger partial charge in [-0.1, -0.05) is 0 Å². The van der Waals surface area contributed by atoms with Crippen molar-refractivity contribution in [3.05, 3.63) is 0 Å². The van der Waals surface area contributed by atoms with Gasteiger partial charge in [-0.05, 0) is 0 Å². The second kappa shape index (κ2) is 50.5. The van der Waals surface area contributed by atoms with E-state index >= 15 is 0 Å². The Morgan fingerprint density at radius 3 is 0.588 bits per heavy atom. The van der Waals surface area contributed by atoms with Gasteiger partial charge in [0.15, 0.2) is 0 Å². The second-order valence-corrected chi connectivity index (χ2v) is 4.33. The van der Waals surface area contributed by atoms with Gasteiger partial charge in [0.1, 0.15) is 0 Å². The van der Waals surface area contributed by atoms with Crippen LogP contribution in [0.5, 0.6) is 0 Å². The largest absolute Gasteiger partial charge is 0 e. The van der Waals surface area contributed by atoms with Gasteiger partial charge < -0.3 is 0 Å². The second-order valence-electron chi connectivity index (χ2n) is 2.12. The third kappa shape index (κ3) is 107. The Bertz CT molecular complexity index is 49.9. The molecular weight excluding hydrogens is 391 g/mol. The summed E-state index contributed by atoms with van der Waals surface area (Å²) in [5.74, 6) is 0. The van der Waals surface area contributed by atoms with E-state index in [1.54, 1.807) is 0 Å². The molecule has 0 aromatic rings. The fraction of sp³-hybridized carbons (Fsp3) is 1.00. The van der Waals surface area contributed by atoms with Gasteiger partial charge in [-0.3, -0.25) is 0 Å². The first-order valence-corrected chi connectivity index (χ1v) is 8.37. The average Bonchev–Trinajstić information content (AvgIpc) is 2.39. The van der Waals surface area contributed by atoms with Gasteiger partial charge in [-0.15, -0.1) is 0 Å². The van der Waals surface area contributed by atoms with E-state index in [1.807, 2.05) is 82.8 Å². The molecule has 0 aliphatic carbocycles. The molecule has 0 aliphatic heterocycles. The molecule has 0 unspecified atom stereocenters. The Labute approximate surface area is 171 Å². The average molecular weight is 416 g/mol. The molecule has 0 heterocycles. The normalized spacial score (nSPS) is 6.59. The van der Waals surface area contributed by atoms with Gasteiger partial charge in [0.2, 0.25) is 0 Å². The van der Waals surface area contributed by atoms with Crippen LogP contribution in [0.1, 0.15) is 27.7 Å². The monoisotopic (exact) mass is 416 g/mol. The van der Waals surface area contributed by atoms with Crippen LogP contribution in [0.25, 0.3) is 0 Å². The SMILES string of the molecule is CC[NH][Ti].CC[NH][Ti].CC[NH][Ti].CC[NH][Ti].[Ti].